The summed E-state index contributed by atoms with van der Waals surface area (Å²) in [5.74, 6) is -0.168. The fraction of sp³-hybridized carbons (Fsp3) is 0.308. The van der Waals surface area contributed by atoms with Crippen LogP contribution in [-0.2, 0) is 0 Å². The second-order valence-electron chi connectivity index (χ2n) is 4.58. The molecule has 1 N–H and O–H groups in total. The molecule has 1 aliphatic rings. The molecule has 7 nitrogen and oxygen atoms in total. The molecule has 1 atom stereocenters. The van der Waals surface area contributed by atoms with Gasteiger partial charge in [-0.15, -0.1) is 0 Å². The molecule has 1 unspecified atom stereocenters. The number of rotatable bonds is 2. The van der Waals surface area contributed by atoms with E-state index in [1.165, 1.54) is 24.8 Å². The lowest BCUT2D eigenvalue weighted by Crippen LogP contribution is -2.32. The largest absolute Gasteiger partial charge is 0.345 e. The van der Waals surface area contributed by atoms with E-state index in [-0.39, 0.29) is 11.9 Å². The Morgan fingerprint density at radius 2 is 2.20 bits per heavy atom. The van der Waals surface area contributed by atoms with Crippen LogP contribution in [0.3, 0.4) is 0 Å². The maximum absolute atomic E-state index is 12.4. The highest BCUT2D eigenvalue weighted by Gasteiger charge is 2.31. The molecule has 1 amide bonds. The average Bonchev–Trinajstić information content (AvgIpc) is 2.97. The third-order valence-electron chi connectivity index (χ3n) is 3.35. The third-order valence-corrected chi connectivity index (χ3v) is 3.35. The predicted octanol–water partition coefficient (Wildman–Crippen LogP) is 0.537. The summed E-state index contributed by atoms with van der Waals surface area (Å²) in [6.45, 7) is 0.643. The summed E-state index contributed by atoms with van der Waals surface area (Å²) in [7, 11) is 0. The fourth-order valence-electron chi connectivity index (χ4n) is 2.47. The predicted molar refractivity (Wildman–Crippen MR) is 69.9 cm³/mol. The van der Waals surface area contributed by atoms with Crippen LogP contribution in [0.2, 0.25) is 0 Å². The van der Waals surface area contributed by atoms with E-state index in [0.717, 1.165) is 12.8 Å². The molecule has 7 heteroatoms. The van der Waals surface area contributed by atoms with Crippen molar-refractivity contribution in [1.82, 2.24) is 24.8 Å². The van der Waals surface area contributed by atoms with Crippen molar-refractivity contribution in [3.63, 3.8) is 0 Å². The van der Waals surface area contributed by atoms with Crippen molar-refractivity contribution >= 4 is 5.91 Å². The highest BCUT2D eigenvalue weighted by Crippen LogP contribution is 2.31. The number of nitrogens with zero attached hydrogens (tertiary/aromatic N) is 4. The molecule has 1 saturated heterocycles. The van der Waals surface area contributed by atoms with Gasteiger partial charge < -0.3 is 9.88 Å². The van der Waals surface area contributed by atoms with Gasteiger partial charge in [-0.25, -0.2) is 14.8 Å². The van der Waals surface area contributed by atoms with Crippen molar-refractivity contribution < 1.29 is 4.79 Å². The van der Waals surface area contributed by atoms with E-state index in [4.69, 9.17) is 0 Å². The van der Waals surface area contributed by atoms with Crippen LogP contribution in [0.5, 0.6) is 0 Å². The molecule has 0 bridgehead atoms. The molecule has 1 fully saturated rings. The number of hydrogen-bond acceptors (Lipinski definition) is 5. The number of amides is 1. The lowest BCUT2D eigenvalue weighted by Gasteiger charge is -2.24. The van der Waals surface area contributed by atoms with E-state index in [0.29, 0.717) is 17.9 Å². The lowest BCUT2D eigenvalue weighted by atomic mass is 10.1. The Morgan fingerprint density at radius 3 is 2.95 bits per heavy atom. The monoisotopic (exact) mass is 271 g/mol. The molecule has 3 rings (SSSR count). The fourth-order valence-corrected chi connectivity index (χ4v) is 2.47. The Balaban J connectivity index is 1.90. The van der Waals surface area contributed by atoms with Gasteiger partial charge in [0.15, 0.2) is 0 Å². The Bertz CT molecular complexity index is 670. The minimum atomic E-state index is -0.402. The summed E-state index contributed by atoms with van der Waals surface area (Å²) in [5, 5.41) is 0. The number of nitrogens with one attached hydrogen (secondary N) is 1. The van der Waals surface area contributed by atoms with Crippen molar-refractivity contribution in [3.8, 4) is 0 Å². The normalized spacial score (nSPS) is 18.2. The van der Waals surface area contributed by atoms with Gasteiger partial charge in [0, 0.05) is 30.8 Å². The van der Waals surface area contributed by atoms with Crippen LogP contribution < -0.4 is 5.69 Å². The van der Waals surface area contributed by atoms with E-state index < -0.39 is 5.69 Å². The molecule has 2 aromatic rings. The molecule has 1 aliphatic heterocycles. The summed E-state index contributed by atoms with van der Waals surface area (Å²) in [6, 6.07) is 1.59. The zero-order chi connectivity index (χ0) is 13.9. The molecular weight excluding hydrogens is 258 g/mol. The first-order chi connectivity index (χ1) is 9.75. The van der Waals surface area contributed by atoms with Crippen molar-refractivity contribution in [2.24, 2.45) is 0 Å². The van der Waals surface area contributed by atoms with Gasteiger partial charge >= 0.3 is 5.69 Å². The summed E-state index contributed by atoms with van der Waals surface area (Å²) < 4.78 is 0. The highest BCUT2D eigenvalue weighted by atomic mass is 16.2. The first-order valence-electron chi connectivity index (χ1n) is 6.38. The van der Waals surface area contributed by atoms with Crippen LogP contribution in [0, 0.1) is 0 Å². The highest BCUT2D eigenvalue weighted by molar-refractivity contribution is 5.92. The molecule has 0 spiro atoms. The smallest absolute Gasteiger partial charge is 0.329 e. The van der Waals surface area contributed by atoms with Gasteiger partial charge in [0.05, 0.1) is 12.2 Å². The Labute approximate surface area is 114 Å². The number of carbonyl (C=O) groups is 1. The number of hydrogen-bond donors (Lipinski definition) is 1. The molecule has 0 radical (unpaired) electrons. The molecular formula is C13H13N5O2. The van der Waals surface area contributed by atoms with Crippen LogP contribution in [0.25, 0.3) is 0 Å². The van der Waals surface area contributed by atoms with Crippen molar-refractivity contribution in [3.05, 3.63) is 52.7 Å². The number of H-pyrrole nitrogens is 1. The minimum absolute atomic E-state index is 0.139. The van der Waals surface area contributed by atoms with Gasteiger partial charge in [0.2, 0.25) is 0 Å². The van der Waals surface area contributed by atoms with Gasteiger partial charge in [0.25, 0.3) is 5.91 Å². The molecule has 0 aromatic carbocycles. The van der Waals surface area contributed by atoms with Crippen molar-refractivity contribution in [2.75, 3.05) is 6.54 Å². The number of aromatic nitrogens is 4. The maximum Gasteiger partial charge on any atom is 0.345 e. The summed E-state index contributed by atoms with van der Waals surface area (Å²) in [6.07, 6.45) is 7.63. The van der Waals surface area contributed by atoms with Gasteiger partial charge in [-0.3, -0.25) is 9.78 Å². The van der Waals surface area contributed by atoms with Gasteiger partial charge in [-0.2, -0.15) is 0 Å². The van der Waals surface area contributed by atoms with Crippen molar-refractivity contribution in [2.45, 2.75) is 18.9 Å². The lowest BCUT2D eigenvalue weighted by molar-refractivity contribution is 0.0726. The quantitative estimate of drug-likeness (QED) is 0.860. The first-order valence-corrected chi connectivity index (χ1v) is 6.38. The summed E-state index contributed by atoms with van der Waals surface area (Å²) in [5.41, 5.74) is 0.622. The van der Waals surface area contributed by atoms with Gasteiger partial charge in [-0.1, -0.05) is 0 Å². The van der Waals surface area contributed by atoms with Crippen LogP contribution in [0.15, 0.2) is 35.6 Å². The second-order valence-corrected chi connectivity index (χ2v) is 4.58. The molecule has 2 aromatic heterocycles. The molecule has 20 heavy (non-hydrogen) atoms. The van der Waals surface area contributed by atoms with Crippen LogP contribution in [-0.4, -0.2) is 37.3 Å². The first kappa shape index (κ1) is 12.5. The number of likely N-dealkylation sites (tertiary alicyclic amines) is 1. The van der Waals surface area contributed by atoms with E-state index in [1.807, 2.05) is 0 Å². The summed E-state index contributed by atoms with van der Waals surface area (Å²) >= 11 is 0. The van der Waals surface area contributed by atoms with Crippen LogP contribution in [0.1, 0.15) is 35.1 Å². The van der Waals surface area contributed by atoms with Crippen LogP contribution in [0.4, 0.5) is 0 Å². The Hall–Kier alpha value is -2.57. The van der Waals surface area contributed by atoms with Gasteiger partial charge in [0.1, 0.15) is 5.69 Å². The molecule has 3 heterocycles. The zero-order valence-electron chi connectivity index (χ0n) is 10.7. The second kappa shape index (κ2) is 5.20. The average molecular weight is 271 g/mol. The van der Waals surface area contributed by atoms with Gasteiger partial charge in [-0.05, 0) is 18.9 Å². The summed E-state index contributed by atoms with van der Waals surface area (Å²) in [4.78, 5) is 39.7. The van der Waals surface area contributed by atoms with E-state index in [1.54, 1.807) is 11.0 Å². The minimum Gasteiger partial charge on any atom is -0.329 e. The van der Waals surface area contributed by atoms with Crippen LogP contribution >= 0.6 is 0 Å². The van der Waals surface area contributed by atoms with E-state index >= 15 is 0 Å². The zero-order valence-corrected chi connectivity index (χ0v) is 10.7. The molecule has 0 aliphatic carbocycles. The third kappa shape index (κ3) is 2.29. The molecule has 102 valence electrons. The molecule has 0 saturated carbocycles. The number of aromatic amines is 1. The topological polar surface area (TPSA) is 91.8 Å². The SMILES string of the molecule is O=C(c1cnccn1)N1CCCC1c1ccnc(=O)[nH]1. The Morgan fingerprint density at radius 1 is 1.30 bits per heavy atom. The Kier molecular flexibility index (Phi) is 3.24. The standard InChI is InChI=1S/C13H13N5O2/c19-12(10-8-14-5-6-15-10)18-7-1-2-11(18)9-3-4-16-13(20)17-9/h3-6,8,11H,1-2,7H2,(H,16,17,20). The number of carbonyl (C=O) groups excluding carboxylic acids is 1. The van der Waals surface area contributed by atoms with E-state index in [9.17, 15) is 9.59 Å². The maximum atomic E-state index is 12.4. The van der Waals surface area contributed by atoms with Crippen molar-refractivity contribution in [1.29, 1.82) is 0 Å². The van der Waals surface area contributed by atoms with E-state index in [2.05, 4.69) is 19.9 Å².